The van der Waals surface area contributed by atoms with E-state index >= 15 is 0 Å². The molecule has 7 heteroatoms. The van der Waals surface area contributed by atoms with Crippen molar-refractivity contribution in [3.63, 3.8) is 0 Å². The van der Waals surface area contributed by atoms with Gasteiger partial charge in [-0.1, -0.05) is 0 Å². The van der Waals surface area contributed by atoms with Gasteiger partial charge in [0.25, 0.3) is 0 Å². The highest BCUT2D eigenvalue weighted by atomic mass is 16.5. The van der Waals surface area contributed by atoms with E-state index in [2.05, 4.69) is 15.5 Å². The maximum absolute atomic E-state index is 13.3. The second-order valence-corrected chi connectivity index (χ2v) is 7.07. The van der Waals surface area contributed by atoms with Crippen LogP contribution in [0.2, 0.25) is 0 Å². The molecule has 1 aliphatic carbocycles. The third-order valence-corrected chi connectivity index (χ3v) is 5.36. The maximum atomic E-state index is 13.3. The summed E-state index contributed by atoms with van der Waals surface area (Å²) in [5.74, 6) is 0.562. The molecule has 0 radical (unpaired) electrons. The molecule has 0 saturated carbocycles. The molecule has 1 fully saturated rings. The lowest BCUT2D eigenvalue weighted by Gasteiger charge is -2.31. The first kappa shape index (κ1) is 17.0. The summed E-state index contributed by atoms with van der Waals surface area (Å²) in [6.45, 7) is 5.30. The van der Waals surface area contributed by atoms with Crippen LogP contribution in [-0.2, 0) is 14.3 Å². The molecular formula is C19H24N4O3. The Labute approximate surface area is 151 Å². The zero-order chi connectivity index (χ0) is 18.3. The van der Waals surface area contributed by atoms with Crippen LogP contribution in [-0.4, -0.2) is 48.5 Å². The molecule has 2 atom stereocenters. The molecule has 2 N–H and O–H groups in total. The van der Waals surface area contributed by atoms with Gasteiger partial charge in [0.2, 0.25) is 5.91 Å². The Balaban J connectivity index is 1.79. The summed E-state index contributed by atoms with van der Waals surface area (Å²) in [7, 11) is 1.65. The highest BCUT2D eigenvalue weighted by molar-refractivity contribution is 6.15. The Morgan fingerprint density at radius 1 is 1.35 bits per heavy atom. The minimum absolute atomic E-state index is 0.0473. The van der Waals surface area contributed by atoms with E-state index < -0.39 is 0 Å². The molecule has 1 saturated heterocycles. The summed E-state index contributed by atoms with van der Waals surface area (Å²) in [5.41, 5.74) is 3.27. The van der Waals surface area contributed by atoms with Gasteiger partial charge in [-0.2, -0.15) is 5.10 Å². The molecular weight excluding hydrogens is 332 g/mol. The average molecular weight is 356 g/mol. The van der Waals surface area contributed by atoms with Crippen LogP contribution in [0.5, 0.6) is 0 Å². The Bertz CT molecular complexity index is 906. The highest BCUT2D eigenvalue weighted by Crippen LogP contribution is 2.32. The molecule has 4 rings (SSSR count). The number of nitrogens with zero attached hydrogens (tertiary/aromatic N) is 2. The number of aromatic nitrogens is 2. The number of carbonyl (C=O) groups excluding carboxylic acids is 1. The molecule has 1 aromatic rings. The predicted molar refractivity (Wildman–Crippen MR) is 95.6 cm³/mol. The number of carbonyl (C=O) groups is 1. The average Bonchev–Trinajstić information content (AvgIpc) is 3.01. The fraction of sp³-hybridized carbons (Fsp3) is 0.526. The summed E-state index contributed by atoms with van der Waals surface area (Å²) >= 11 is 0. The van der Waals surface area contributed by atoms with E-state index in [-0.39, 0.29) is 23.9 Å². The van der Waals surface area contributed by atoms with Crippen molar-refractivity contribution >= 4 is 11.5 Å². The first-order valence-corrected chi connectivity index (χ1v) is 9.04. The lowest BCUT2D eigenvalue weighted by molar-refractivity contribution is -0.117. The van der Waals surface area contributed by atoms with Crippen molar-refractivity contribution in [2.24, 2.45) is 10.9 Å². The number of hydrogen-bond acceptors (Lipinski definition) is 5. The van der Waals surface area contributed by atoms with Crippen molar-refractivity contribution in [3.05, 3.63) is 39.9 Å². The highest BCUT2D eigenvalue weighted by Gasteiger charge is 2.36. The minimum Gasteiger partial charge on any atom is -0.497 e. The van der Waals surface area contributed by atoms with Gasteiger partial charge >= 0.3 is 0 Å². The van der Waals surface area contributed by atoms with Gasteiger partial charge < -0.3 is 14.8 Å². The van der Waals surface area contributed by atoms with Crippen LogP contribution in [0.25, 0.3) is 5.57 Å². The van der Waals surface area contributed by atoms with Gasteiger partial charge in [-0.3, -0.25) is 14.9 Å². The quantitative estimate of drug-likeness (QED) is 0.814. The van der Waals surface area contributed by atoms with Gasteiger partial charge in [0, 0.05) is 30.7 Å². The number of allylic oxidation sites excluding steroid dienone is 1. The zero-order valence-electron chi connectivity index (χ0n) is 15.3. The summed E-state index contributed by atoms with van der Waals surface area (Å²) < 4.78 is 10.8. The number of amides is 1. The molecule has 0 spiro atoms. The summed E-state index contributed by atoms with van der Waals surface area (Å²) in [5, 5.41) is 11.3. The molecule has 2 aliphatic heterocycles. The standard InChI is InChI=1S/C19H24N4O3/c1-10-8-13(25-3)9-14-16(19(24)20-12-4-6-26-7-5-12)15-11(2)22-23-18(15)21-17(10)14/h8-9,12,14,17H,4-7H2,1-3H3,(H,20,24)(H,21,23). The fourth-order valence-corrected chi connectivity index (χ4v) is 3.97. The normalized spacial score (nSPS) is 25.4. The van der Waals surface area contributed by atoms with Crippen LogP contribution >= 0.6 is 0 Å². The van der Waals surface area contributed by atoms with Crippen LogP contribution in [0.4, 0.5) is 0 Å². The number of fused-ring (bicyclic) bond motifs is 2. The number of H-pyrrole nitrogens is 1. The van der Waals surface area contributed by atoms with Crippen molar-refractivity contribution in [1.82, 2.24) is 15.5 Å². The Morgan fingerprint density at radius 3 is 2.85 bits per heavy atom. The number of nitrogens with one attached hydrogen (secondary N) is 2. The number of aromatic amines is 1. The molecule has 1 amide bonds. The molecule has 3 heterocycles. The maximum Gasteiger partial charge on any atom is 0.248 e. The van der Waals surface area contributed by atoms with Crippen molar-refractivity contribution in [2.75, 3.05) is 20.3 Å². The van der Waals surface area contributed by atoms with Crippen LogP contribution in [0.15, 0.2) is 28.5 Å². The number of hydrogen-bond donors (Lipinski definition) is 2. The van der Waals surface area contributed by atoms with Crippen LogP contribution < -0.4 is 16.0 Å². The lowest BCUT2D eigenvalue weighted by atomic mass is 9.80. The Hall–Kier alpha value is -2.41. The van der Waals surface area contributed by atoms with Gasteiger partial charge in [0.05, 0.1) is 24.1 Å². The number of aryl methyl sites for hydroxylation is 1. The third-order valence-electron chi connectivity index (χ3n) is 5.36. The van der Waals surface area contributed by atoms with Gasteiger partial charge in [-0.25, -0.2) is 0 Å². The molecule has 0 aromatic carbocycles. The number of ether oxygens (including phenoxy) is 2. The van der Waals surface area contributed by atoms with E-state index in [4.69, 9.17) is 14.5 Å². The minimum atomic E-state index is -0.154. The monoisotopic (exact) mass is 356 g/mol. The smallest absolute Gasteiger partial charge is 0.248 e. The summed E-state index contributed by atoms with van der Waals surface area (Å²) in [6, 6.07) is 0.0273. The summed E-state index contributed by atoms with van der Waals surface area (Å²) in [6.07, 6.45) is 5.65. The van der Waals surface area contributed by atoms with E-state index in [9.17, 15) is 4.79 Å². The zero-order valence-corrected chi connectivity index (χ0v) is 15.3. The van der Waals surface area contributed by atoms with E-state index in [1.807, 2.05) is 26.0 Å². The van der Waals surface area contributed by atoms with Gasteiger partial charge in [0.1, 0.15) is 5.76 Å². The van der Waals surface area contributed by atoms with Gasteiger partial charge in [0.15, 0.2) is 5.49 Å². The second-order valence-electron chi connectivity index (χ2n) is 7.07. The molecule has 7 nitrogen and oxygen atoms in total. The molecule has 0 bridgehead atoms. The molecule has 1 aromatic heterocycles. The van der Waals surface area contributed by atoms with E-state index in [0.717, 1.165) is 40.7 Å². The first-order valence-electron chi connectivity index (χ1n) is 9.04. The molecule has 138 valence electrons. The topological polar surface area (TPSA) is 88.6 Å². The van der Waals surface area contributed by atoms with Gasteiger partial charge in [-0.15, -0.1) is 0 Å². The lowest BCUT2D eigenvalue weighted by Crippen LogP contribution is -2.48. The van der Waals surface area contributed by atoms with Crippen LogP contribution in [0, 0.1) is 12.8 Å². The third kappa shape index (κ3) is 2.86. The SMILES string of the molecule is COC1=CC2C(C(=O)NC3CCOCC3)=c3c(C)n[nH]c3=NC2C(C)=C1. The largest absolute Gasteiger partial charge is 0.497 e. The number of methoxy groups -OCH3 is 1. The Kier molecular flexibility index (Phi) is 4.40. The van der Waals surface area contributed by atoms with Crippen LogP contribution in [0.1, 0.15) is 25.5 Å². The molecule has 26 heavy (non-hydrogen) atoms. The first-order chi connectivity index (χ1) is 12.6. The number of rotatable bonds is 3. The molecule has 3 aliphatic rings. The van der Waals surface area contributed by atoms with Crippen LogP contribution in [0.3, 0.4) is 0 Å². The van der Waals surface area contributed by atoms with Gasteiger partial charge in [-0.05, 0) is 44.4 Å². The summed E-state index contributed by atoms with van der Waals surface area (Å²) in [4.78, 5) is 18.1. The van der Waals surface area contributed by atoms with E-state index in [0.29, 0.717) is 18.7 Å². The van der Waals surface area contributed by atoms with Crippen molar-refractivity contribution in [2.45, 2.75) is 38.8 Å². The van der Waals surface area contributed by atoms with Crippen molar-refractivity contribution in [1.29, 1.82) is 0 Å². The fourth-order valence-electron chi connectivity index (χ4n) is 3.97. The second kappa shape index (κ2) is 6.72. The van der Waals surface area contributed by atoms with Crippen molar-refractivity contribution < 1.29 is 14.3 Å². The molecule has 2 unspecified atom stereocenters. The van der Waals surface area contributed by atoms with E-state index in [1.165, 1.54) is 0 Å². The Morgan fingerprint density at radius 2 is 2.12 bits per heavy atom. The van der Waals surface area contributed by atoms with E-state index in [1.54, 1.807) is 7.11 Å². The predicted octanol–water partition coefficient (Wildman–Crippen LogP) is 0.272. The van der Waals surface area contributed by atoms with Crippen molar-refractivity contribution in [3.8, 4) is 0 Å².